The van der Waals surface area contributed by atoms with Gasteiger partial charge >= 0.3 is 0 Å². The molecule has 4 nitrogen and oxygen atoms in total. The molecule has 0 unspecified atom stereocenters. The Hall–Kier alpha value is -1.17. The van der Waals surface area contributed by atoms with E-state index in [0.29, 0.717) is 11.4 Å². The van der Waals surface area contributed by atoms with E-state index in [9.17, 15) is 4.79 Å². The fourth-order valence-electron chi connectivity index (χ4n) is 1.23. The Balaban J connectivity index is 2.19. The fourth-order valence-corrected chi connectivity index (χ4v) is 1.93. The van der Waals surface area contributed by atoms with Crippen LogP contribution in [0.25, 0.3) is 0 Å². The van der Waals surface area contributed by atoms with Crippen molar-refractivity contribution in [3.8, 4) is 0 Å². The predicted octanol–water partition coefficient (Wildman–Crippen LogP) is 3.80. The number of anilines is 1. The third-order valence-corrected chi connectivity index (χ3v) is 2.85. The molecule has 0 aromatic carbocycles. The lowest BCUT2D eigenvalue weighted by Gasteiger charge is -2.05. The Morgan fingerprint density at radius 3 is 2.44 bits per heavy atom. The monoisotopic (exact) mass is 345 g/mol. The van der Waals surface area contributed by atoms with E-state index < -0.39 is 0 Å². The zero-order valence-electron chi connectivity index (χ0n) is 8.82. The first kappa shape index (κ1) is 13.3. The first-order chi connectivity index (χ1) is 8.54. The molecule has 0 atom stereocenters. The molecule has 0 bridgehead atoms. The van der Waals surface area contributed by atoms with E-state index in [1.165, 1.54) is 12.1 Å². The maximum absolute atomic E-state index is 11.9. The van der Waals surface area contributed by atoms with Gasteiger partial charge in [0, 0.05) is 16.2 Å². The molecule has 0 radical (unpaired) electrons. The number of hydrogen-bond acceptors (Lipinski definition) is 3. The van der Waals surface area contributed by atoms with Crippen LogP contribution in [0.2, 0.25) is 10.3 Å². The Kier molecular flexibility index (Phi) is 4.16. The van der Waals surface area contributed by atoms with Gasteiger partial charge in [0.1, 0.15) is 16.1 Å². The number of aromatic nitrogens is 2. The van der Waals surface area contributed by atoms with Gasteiger partial charge in [-0.3, -0.25) is 4.79 Å². The smallest absolute Gasteiger partial charge is 0.257 e. The van der Waals surface area contributed by atoms with Gasteiger partial charge < -0.3 is 5.32 Å². The largest absolute Gasteiger partial charge is 0.307 e. The summed E-state index contributed by atoms with van der Waals surface area (Å²) in [5.41, 5.74) is 0.324. The van der Waals surface area contributed by atoms with Crippen molar-refractivity contribution in [2.24, 2.45) is 0 Å². The van der Waals surface area contributed by atoms with E-state index >= 15 is 0 Å². The zero-order valence-corrected chi connectivity index (χ0v) is 11.9. The molecule has 0 saturated heterocycles. The van der Waals surface area contributed by atoms with Gasteiger partial charge in [0.15, 0.2) is 0 Å². The van der Waals surface area contributed by atoms with E-state index in [0.717, 1.165) is 4.47 Å². The van der Waals surface area contributed by atoms with Crippen LogP contribution >= 0.6 is 39.1 Å². The van der Waals surface area contributed by atoms with Crippen molar-refractivity contribution in [3.05, 3.63) is 50.8 Å². The number of carbonyl (C=O) groups excluding carboxylic acids is 1. The van der Waals surface area contributed by atoms with Gasteiger partial charge in [0.2, 0.25) is 0 Å². The van der Waals surface area contributed by atoms with Gasteiger partial charge in [0.25, 0.3) is 5.91 Å². The van der Waals surface area contributed by atoms with Crippen molar-refractivity contribution >= 4 is 50.9 Å². The molecule has 2 aromatic heterocycles. The van der Waals surface area contributed by atoms with Gasteiger partial charge in [-0.1, -0.05) is 23.2 Å². The number of nitrogens with one attached hydrogen (secondary N) is 1. The highest BCUT2D eigenvalue weighted by Crippen LogP contribution is 2.16. The molecule has 2 rings (SSSR count). The Morgan fingerprint density at radius 2 is 1.89 bits per heavy atom. The summed E-state index contributed by atoms with van der Waals surface area (Å²) < 4.78 is 0.829. The summed E-state index contributed by atoms with van der Waals surface area (Å²) in [6.07, 6.45) is 1.59. The summed E-state index contributed by atoms with van der Waals surface area (Å²) in [6.45, 7) is 0. The van der Waals surface area contributed by atoms with Crippen LogP contribution in [0.5, 0.6) is 0 Å². The molecular formula is C11H6BrCl2N3O. The minimum atomic E-state index is -0.351. The Morgan fingerprint density at radius 1 is 1.22 bits per heavy atom. The van der Waals surface area contributed by atoms with Crippen molar-refractivity contribution in [2.75, 3.05) is 5.32 Å². The normalized spacial score (nSPS) is 10.2. The summed E-state index contributed by atoms with van der Waals surface area (Å²) in [7, 11) is 0. The number of rotatable bonds is 2. The third kappa shape index (κ3) is 3.41. The van der Waals surface area contributed by atoms with Crippen molar-refractivity contribution in [1.82, 2.24) is 9.97 Å². The topological polar surface area (TPSA) is 54.9 Å². The molecule has 0 aliphatic rings. The molecule has 1 N–H and O–H groups in total. The standard InChI is InChI=1S/C11H6BrCl2N3O/c12-7-1-2-10(15-5-7)17-11(18)6-3-8(13)16-9(14)4-6/h1-5H,(H,15,17,18). The van der Waals surface area contributed by atoms with Gasteiger partial charge in [-0.2, -0.15) is 0 Å². The van der Waals surface area contributed by atoms with E-state index in [4.69, 9.17) is 23.2 Å². The molecule has 1 amide bonds. The molecule has 2 aromatic rings. The van der Waals surface area contributed by atoms with Crippen LogP contribution < -0.4 is 5.32 Å². The minimum Gasteiger partial charge on any atom is -0.307 e. The van der Waals surface area contributed by atoms with E-state index in [1.54, 1.807) is 18.3 Å². The first-order valence-electron chi connectivity index (χ1n) is 4.80. The second-order valence-corrected chi connectivity index (χ2v) is 5.01. The summed E-state index contributed by atoms with van der Waals surface area (Å²) in [5, 5.41) is 2.95. The average Bonchev–Trinajstić information content (AvgIpc) is 2.31. The van der Waals surface area contributed by atoms with Crippen LogP contribution in [-0.2, 0) is 0 Å². The third-order valence-electron chi connectivity index (χ3n) is 1.99. The first-order valence-corrected chi connectivity index (χ1v) is 6.35. The van der Waals surface area contributed by atoms with Gasteiger partial charge in [-0.05, 0) is 40.2 Å². The molecule has 7 heteroatoms. The second-order valence-electron chi connectivity index (χ2n) is 3.32. The summed E-state index contributed by atoms with van der Waals surface area (Å²) in [6, 6.07) is 6.31. The van der Waals surface area contributed by atoms with Crippen LogP contribution in [0, 0.1) is 0 Å². The highest BCUT2D eigenvalue weighted by atomic mass is 79.9. The van der Waals surface area contributed by atoms with Crippen molar-refractivity contribution < 1.29 is 4.79 Å². The average molecular weight is 347 g/mol. The van der Waals surface area contributed by atoms with Crippen LogP contribution in [0.15, 0.2) is 34.9 Å². The van der Waals surface area contributed by atoms with Crippen LogP contribution in [-0.4, -0.2) is 15.9 Å². The quantitative estimate of drug-likeness (QED) is 0.841. The maximum Gasteiger partial charge on any atom is 0.257 e. The number of amides is 1. The van der Waals surface area contributed by atoms with E-state index in [2.05, 4.69) is 31.2 Å². The summed E-state index contributed by atoms with van der Waals surface area (Å²) >= 11 is 14.7. The van der Waals surface area contributed by atoms with E-state index in [1.807, 2.05) is 0 Å². The lowest BCUT2D eigenvalue weighted by atomic mass is 10.2. The fraction of sp³-hybridized carbons (Fsp3) is 0. The molecule has 0 fully saturated rings. The highest BCUT2D eigenvalue weighted by molar-refractivity contribution is 9.10. The number of hydrogen-bond donors (Lipinski definition) is 1. The van der Waals surface area contributed by atoms with Crippen molar-refractivity contribution in [3.63, 3.8) is 0 Å². The van der Waals surface area contributed by atoms with Crippen molar-refractivity contribution in [1.29, 1.82) is 0 Å². The lowest BCUT2D eigenvalue weighted by molar-refractivity contribution is 0.102. The number of halogens is 3. The molecule has 0 aliphatic carbocycles. The lowest BCUT2D eigenvalue weighted by Crippen LogP contribution is -2.13. The van der Waals surface area contributed by atoms with Crippen LogP contribution in [0.1, 0.15) is 10.4 Å². The van der Waals surface area contributed by atoms with Crippen molar-refractivity contribution in [2.45, 2.75) is 0 Å². The molecule has 2 heterocycles. The van der Waals surface area contributed by atoms with Crippen LogP contribution in [0.4, 0.5) is 5.82 Å². The molecule has 0 aliphatic heterocycles. The number of pyridine rings is 2. The predicted molar refractivity (Wildman–Crippen MR) is 74.1 cm³/mol. The molecular weight excluding hydrogens is 341 g/mol. The van der Waals surface area contributed by atoms with E-state index in [-0.39, 0.29) is 16.2 Å². The maximum atomic E-state index is 11.9. The van der Waals surface area contributed by atoms with Gasteiger partial charge in [-0.15, -0.1) is 0 Å². The van der Waals surface area contributed by atoms with Gasteiger partial charge in [-0.25, -0.2) is 9.97 Å². The summed E-state index contributed by atoms with van der Waals surface area (Å²) in [4.78, 5) is 19.7. The zero-order chi connectivity index (χ0) is 13.1. The molecule has 92 valence electrons. The molecule has 0 saturated carbocycles. The SMILES string of the molecule is O=C(Nc1ccc(Br)cn1)c1cc(Cl)nc(Cl)c1. The number of nitrogens with zero attached hydrogens (tertiary/aromatic N) is 2. The Bertz CT molecular complexity index is 569. The molecule has 18 heavy (non-hydrogen) atoms. The Labute approximate surface area is 121 Å². The summed E-state index contributed by atoms with van der Waals surface area (Å²) in [5.74, 6) is 0.0864. The van der Waals surface area contributed by atoms with Gasteiger partial charge in [0.05, 0.1) is 0 Å². The minimum absolute atomic E-state index is 0.163. The highest BCUT2D eigenvalue weighted by Gasteiger charge is 2.09. The molecule has 0 spiro atoms. The number of carbonyl (C=O) groups is 1. The van der Waals surface area contributed by atoms with Crippen LogP contribution in [0.3, 0.4) is 0 Å². The second kappa shape index (κ2) is 5.65.